The van der Waals surface area contributed by atoms with Crippen molar-refractivity contribution >= 4 is 17.7 Å². The summed E-state index contributed by atoms with van der Waals surface area (Å²) in [6.07, 6.45) is 1.82. The van der Waals surface area contributed by atoms with E-state index >= 15 is 0 Å². The smallest absolute Gasteiger partial charge is 0.414 e. The number of amides is 1. The topological polar surface area (TPSA) is 59.1 Å². The van der Waals surface area contributed by atoms with Crippen LogP contribution in [0.15, 0.2) is 54.6 Å². The van der Waals surface area contributed by atoms with E-state index in [1.807, 2.05) is 42.5 Å². The number of esters is 1. The van der Waals surface area contributed by atoms with Crippen LogP contribution >= 0.6 is 0 Å². The van der Waals surface area contributed by atoms with Crippen molar-refractivity contribution in [3.63, 3.8) is 0 Å². The van der Waals surface area contributed by atoms with Gasteiger partial charge in [-0.2, -0.15) is 0 Å². The number of para-hydroxylation sites is 1. The van der Waals surface area contributed by atoms with Crippen LogP contribution in [0.25, 0.3) is 0 Å². The average Bonchev–Trinajstić information content (AvgIpc) is 2.78. The molecule has 2 aromatic rings. The van der Waals surface area contributed by atoms with Crippen molar-refractivity contribution in [1.82, 2.24) is 4.90 Å². The minimum Gasteiger partial charge on any atom is -0.465 e. The molecule has 3 saturated heterocycles. The van der Waals surface area contributed by atoms with Gasteiger partial charge in [-0.15, -0.1) is 0 Å². The molecule has 1 unspecified atom stereocenters. The maximum atomic E-state index is 13.1. The van der Waals surface area contributed by atoms with E-state index in [9.17, 15) is 9.59 Å². The number of methoxy groups -OCH3 is 1. The quantitative estimate of drug-likeness (QED) is 0.724. The van der Waals surface area contributed by atoms with Gasteiger partial charge in [0.2, 0.25) is 0 Å². The highest BCUT2D eigenvalue weighted by Crippen LogP contribution is 2.30. The summed E-state index contributed by atoms with van der Waals surface area (Å²) in [7, 11) is 1.36. The Kier molecular flexibility index (Phi) is 5.81. The maximum Gasteiger partial charge on any atom is 0.414 e. The fraction of sp³-hybridized carbons (Fsp3) is 0.391. The number of hydrogen-bond donors (Lipinski definition) is 0. The summed E-state index contributed by atoms with van der Waals surface area (Å²) in [5.74, 6) is 0.0825. The van der Waals surface area contributed by atoms with E-state index < -0.39 is 0 Å². The molecule has 0 saturated carbocycles. The molecule has 0 N–H and O–H groups in total. The van der Waals surface area contributed by atoms with Crippen molar-refractivity contribution in [2.24, 2.45) is 5.92 Å². The van der Waals surface area contributed by atoms with Crippen LogP contribution in [0.1, 0.15) is 28.8 Å². The Bertz CT molecular complexity index is 845. The lowest BCUT2D eigenvalue weighted by atomic mass is 9.86. The first kappa shape index (κ1) is 19.5. The number of fused-ring (bicyclic) bond motifs is 3. The van der Waals surface area contributed by atoms with Crippen LogP contribution in [-0.2, 0) is 16.0 Å². The van der Waals surface area contributed by atoms with Gasteiger partial charge in [0.05, 0.1) is 19.2 Å². The fourth-order valence-electron chi connectivity index (χ4n) is 4.15. The van der Waals surface area contributed by atoms with Gasteiger partial charge in [0.1, 0.15) is 6.10 Å². The van der Waals surface area contributed by atoms with Gasteiger partial charge in [-0.3, -0.25) is 9.80 Å². The Morgan fingerprint density at radius 3 is 2.31 bits per heavy atom. The molecule has 6 heteroatoms. The first-order valence-corrected chi connectivity index (χ1v) is 10.1. The summed E-state index contributed by atoms with van der Waals surface area (Å²) >= 11 is 0. The van der Waals surface area contributed by atoms with Crippen LogP contribution in [0.5, 0.6) is 0 Å². The Morgan fingerprint density at radius 1 is 1.03 bits per heavy atom. The summed E-state index contributed by atoms with van der Waals surface area (Å²) in [4.78, 5) is 28.8. The number of rotatable bonds is 5. The summed E-state index contributed by atoms with van der Waals surface area (Å²) in [6.45, 7) is 3.40. The summed E-state index contributed by atoms with van der Waals surface area (Å²) < 4.78 is 10.7. The van der Waals surface area contributed by atoms with Gasteiger partial charge in [0.15, 0.2) is 0 Å². The first-order valence-electron chi connectivity index (χ1n) is 10.1. The Hall–Kier alpha value is -2.86. The molecule has 29 heavy (non-hydrogen) atoms. The van der Waals surface area contributed by atoms with Crippen molar-refractivity contribution in [3.05, 3.63) is 65.7 Å². The highest BCUT2D eigenvalue weighted by molar-refractivity contribution is 5.89. The lowest BCUT2D eigenvalue weighted by Gasteiger charge is -2.44. The van der Waals surface area contributed by atoms with Gasteiger partial charge in [-0.1, -0.05) is 30.3 Å². The fourth-order valence-corrected chi connectivity index (χ4v) is 4.15. The number of carbonyl (C=O) groups excluding carboxylic acids is 2. The monoisotopic (exact) mass is 394 g/mol. The zero-order chi connectivity index (χ0) is 20.2. The molecule has 2 aromatic carbocycles. The largest absolute Gasteiger partial charge is 0.465 e. The first-order chi connectivity index (χ1) is 14.1. The third-order valence-corrected chi connectivity index (χ3v) is 5.85. The molecule has 3 aliphatic rings. The number of piperidine rings is 3. The van der Waals surface area contributed by atoms with Crippen molar-refractivity contribution in [2.45, 2.75) is 25.5 Å². The van der Waals surface area contributed by atoms with Crippen molar-refractivity contribution < 1.29 is 19.1 Å². The highest BCUT2D eigenvalue weighted by Gasteiger charge is 2.37. The molecule has 152 valence electrons. The van der Waals surface area contributed by atoms with Gasteiger partial charge in [0.25, 0.3) is 0 Å². The van der Waals surface area contributed by atoms with Crippen LogP contribution in [0.3, 0.4) is 0 Å². The van der Waals surface area contributed by atoms with E-state index in [-0.39, 0.29) is 18.2 Å². The van der Waals surface area contributed by atoms with Gasteiger partial charge in [-0.05, 0) is 61.7 Å². The van der Waals surface area contributed by atoms with E-state index in [1.165, 1.54) is 7.11 Å². The molecule has 3 heterocycles. The van der Waals surface area contributed by atoms with Crippen LogP contribution < -0.4 is 4.90 Å². The highest BCUT2D eigenvalue weighted by atomic mass is 16.6. The van der Waals surface area contributed by atoms with Gasteiger partial charge in [-0.25, -0.2) is 9.59 Å². The molecule has 0 spiro atoms. The van der Waals surface area contributed by atoms with Gasteiger partial charge >= 0.3 is 12.1 Å². The number of anilines is 1. The second kappa shape index (κ2) is 8.66. The Labute approximate surface area is 171 Å². The molecule has 2 bridgehead atoms. The molecular formula is C23H26N2O4. The van der Waals surface area contributed by atoms with E-state index in [0.717, 1.165) is 43.7 Å². The Morgan fingerprint density at radius 2 is 1.72 bits per heavy atom. The van der Waals surface area contributed by atoms with E-state index in [1.54, 1.807) is 17.0 Å². The SMILES string of the molecule is COC(=O)c1ccc(CN(C(=O)OC2CN3CCC2CC3)c2ccccc2)cc1. The predicted octanol–water partition coefficient (Wildman–Crippen LogP) is 3.71. The van der Waals surface area contributed by atoms with E-state index in [2.05, 4.69) is 4.90 Å². The summed E-state index contributed by atoms with van der Waals surface area (Å²) in [5, 5.41) is 0. The van der Waals surface area contributed by atoms with Gasteiger partial charge in [0, 0.05) is 12.2 Å². The third-order valence-electron chi connectivity index (χ3n) is 5.85. The molecule has 6 nitrogen and oxygen atoms in total. The summed E-state index contributed by atoms with van der Waals surface area (Å²) in [6, 6.07) is 16.6. The van der Waals surface area contributed by atoms with Crippen LogP contribution in [-0.4, -0.2) is 49.8 Å². The Balaban J connectivity index is 1.51. The molecule has 1 atom stereocenters. The minimum absolute atomic E-state index is 0.0436. The molecule has 3 fully saturated rings. The lowest BCUT2D eigenvalue weighted by molar-refractivity contribution is -0.0311. The average molecular weight is 394 g/mol. The number of benzene rings is 2. The molecule has 0 aromatic heterocycles. The van der Waals surface area contributed by atoms with Crippen LogP contribution in [0, 0.1) is 5.92 Å². The van der Waals surface area contributed by atoms with Crippen molar-refractivity contribution in [1.29, 1.82) is 0 Å². The zero-order valence-corrected chi connectivity index (χ0v) is 16.6. The molecular weight excluding hydrogens is 368 g/mol. The lowest BCUT2D eigenvalue weighted by Crippen LogP contribution is -2.53. The standard InChI is InChI=1S/C23H26N2O4/c1-28-22(26)19-9-7-17(8-10-19)15-25(20-5-3-2-4-6-20)23(27)29-21-16-24-13-11-18(21)12-14-24/h2-10,18,21H,11-16H2,1H3. The second-order valence-corrected chi connectivity index (χ2v) is 7.67. The number of hydrogen-bond acceptors (Lipinski definition) is 5. The second-order valence-electron chi connectivity index (χ2n) is 7.67. The van der Waals surface area contributed by atoms with E-state index in [0.29, 0.717) is 18.0 Å². The summed E-state index contributed by atoms with van der Waals surface area (Å²) in [5.41, 5.74) is 2.18. The van der Waals surface area contributed by atoms with Crippen molar-refractivity contribution in [3.8, 4) is 0 Å². The molecule has 3 aliphatic heterocycles. The maximum absolute atomic E-state index is 13.1. The zero-order valence-electron chi connectivity index (χ0n) is 16.6. The molecule has 0 aliphatic carbocycles. The van der Waals surface area contributed by atoms with Crippen LogP contribution in [0.2, 0.25) is 0 Å². The molecule has 1 amide bonds. The number of ether oxygens (including phenoxy) is 2. The minimum atomic E-state index is -0.377. The normalized spacial score (nSPS) is 22.7. The molecule has 5 rings (SSSR count). The predicted molar refractivity (Wildman–Crippen MR) is 110 cm³/mol. The number of nitrogens with zero attached hydrogens (tertiary/aromatic N) is 2. The van der Waals surface area contributed by atoms with Crippen LogP contribution in [0.4, 0.5) is 10.5 Å². The third kappa shape index (κ3) is 4.43. The van der Waals surface area contributed by atoms with Crippen molar-refractivity contribution in [2.75, 3.05) is 31.6 Å². The number of carbonyl (C=O) groups is 2. The van der Waals surface area contributed by atoms with Gasteiger partial charge < -0.3 is 9.47 Å². The molecule has 0 radical (unpaired) electrons. The van der Waals surface area contributed by atoms with E-state index in [4.69, 9.17) is 9.47 Å².